The van der Waals surface area contributed by atoms with Gasteiger partial charge in [-0.1, -0.05) is 36.9 Å². The molecule has 2 heterocycles. The number of anilines is 1. The fraction of sp³-hybridized carbons (Fsp3) is 0.238. The third-order valence-corrected chi connectivity index (χ3v) is 4.37. The number of nitrogens with two attached hydrogens (primary N) is 1. The number of ether oxygens (including phenoxy) is 1. The Morgan fingerprint density at radius 3 is 2.57 bits per heavy atom. The summed E-state index contributed by atoms with van der Waals surface area (Å²) in [5, 5.41) is 0. The number of pyridine rings is 1. The molecule has 0 amide bonds. The zero-order chi connectivity index (χ0) is 21.7. The van der Waals surface area contributed by atoms with Gasteiger partial charge in [-0.05, 0) is 11.6 Å². The maximum absolute atomic E-state index is 13.2. The Hall–Kier alpha value is -3.20. The van der Waals surface area contributed by atoms with Crippen molar-refractivity contribution in [2.24, 2.45) is 0 Å². The lowest BCUT2D eigenvalue weighted by Crippen LogP contribution is -2.10. The molecule has 3 aromatic rings. The number of hydrogen-bond donors (Lipinski definition) is 1. The second-order valence-electron chi connectivity index (χ2n) is 6.55. The first-order valence-electron chi connectivity index (χ1n) is 9.06. The summed E-state index contributed by atoms with van der Waals surface area (Å²) in [4.78, 5) is 8.01. The minimum atomic E-state index is -4.64. The Morgan fingerprint density at radius 2 is 1.90 bits per heavy atom. The van der Waals surface area contributed by atoms with E-state index >= 15 is 0 Å². The van der Waals surface area contributed by atoms with Crippen molar-refractivity contribution in [2.75, 3.05) is 12.4 Å². The number of allylic oxidation sites excluding steroid dienone is 1. The molecule has 0 fully saturated rings. The molecule has 9 heteroatoms. The van der Waals surface area contributed by atoms with Crippen LogP contribution in [0.25, 0.3) is 17.0 Å². The largest absolute Gasteiger partial charge is 0.419 e. The highest BCUT2D eigenvalue weighted by Gasteiger charge is 2.34. The monoisotopic (exact) mass is 420 g/mol. The van der Waals surface area contributed by atoms with Gasteiger partial charge in [-0.2, -0.15) is 13.2 Å². The maximum atomic E-state index is 13.2. The van der Waals surface area contributed by atoms with Gasteiger partial charge in [0, 0.05) is 30.1 Å². The highest BCUT2D eigenvalue weighted by molar-refractivity contribution is 5.63. The van der Waals surface area contributed by atoms with Crippen molar-refractivity contribution in [1.29, 1.82) is 0 Å². The summed E-state index contributed by atoms with van der Waals surface area (Å²) in [6.45, 7) is 3.59. The molecule has 0 aliphatic heterocycles. The summed E-state index contributed by atoms with van der Waals surface area (Å²) in [5.41, 5.74) is 6.05. The van der Waals surface area contributed by atoms with Crippen molar-refractivity contribution < 1.29 is 22.3 Å². The number of nitrogen functional groups attached to an aromatic ring is 1. The molecule has 0 bridgehead atoms. The molecule has 0 spiro atoms. The molecule has 3 rings (SSSR count). The van der Waals surface area contributed by atoms with Gasteiger partial charge in [0.1, 0.15) is 18.2 Å². The predicted molar refractivity (Wildman–Crippen MR) is 106 cm³/mol. The van der Waals surface area contributed by atoms with Gasteiger partial charge in [0.05, 0.1) is 24.5 Å². The lowest BCUT2D eigenvalue weighted by Gasteiger charge is -2.10. The average molecular weight is 420 g/mol. The van der Waals surface area contributed by atoms with E-state index in [1.165, 1.54) is 17.0 Å². The topological polar surface area (TPSA) is 66.0 Å². The molecule has 1 aromatic carbocycles. The van der Waals surface area contributed by atoms with Crippen LogP contribution in [0, 0.1) is 0 Å². The van der Waals surface area contributed by atoms with Gasteiger partial charge in [-0.15, -0.1) is 0 Å². The zero-order valence-electron chi connectivity index (χ0n) is 16.0. The van der Waals surface area contributed by atoms with Crippen molar-refractivity contribution in [3.8, 4) is 11.3 Å². The third-order valence-electron chi connectivity index (χ3n) is 4.37. The van der Waals surface area contributed by atoms with Crippen LogP contribution in [0.1, 0.15) is 23.4 Å². The Bertz CT molecular complexity index is 1020. The molecule has 158 valence electrons. The third kappa shape index (κ3) is 5.04. The van der Waals surface area contributed by atoms with E-state index in [9.17, 15) is 17.6 Å². The van der Waals surface area contributed by atoms with Gasteiger partial charge in [0.25, 0.3) is 0 Å². The van der Waals surface area contributed by atoms with E-state index in [1.54, 1.807) is 0 Å². The first-order chi connectivity index (χ1) is 14.3. The molecular weight excluding hydrogens is 400 g/mol. The van der Waals surface area contributed by atoms with Crippen LogP contribution in [0.2, 0.25) is 0 Å². The Labute approximate surface area is 170 Å². The van der Waals surface area contributed by atoms with E-state index in [1.807, 2.05) is 30.3 Å². The highest BCUT2D eigenvalue weighted by atomic mass is 19.4. The second-order valence-corrected chi connectivity index (χ2v) is 6.55. The van der Waals surface area contributed by atoms with Gasteiger partial charge in [0.2, 0.25) is 0 Å². The van der Waals surface area contributed by atoms with E-state index in [4.69, 9.17) is 10.5 Å². The highest BCUT2D eigenvalue weighted by Crippen LogP contribution is 2.35. The van der Waals surface area contributed by atoms with Crippen LogP contribution >= 0.6 is 0 Å². The van der Waals surface area contributed by atoms with Gasteiger partial charge in [-0.3, -0.25) is 4.39 Å². The van der Waals surface area contributed by atoms with Crippen LogP contribution in [0.15, 0.2) is 55.4 Å². The van der Waals surface area contributed by atoms with Gasteiger partial charge in [0.15, 0.2) is 0 Å². The predicted octanol–water partition coefficient (Wildman–Crippen LogP) is 5.09. The minimum absolute atomic E-state index is 0.0509. The van der Waals surface area contributed by atoms with Crippen LogP contribution in [0.3, 0.4) is 0 Å². The first kappa shape index (κ1) is 21.5. The van der Waals surface area contributed by atoms with E-state index in [0.29, 0.717) is 18.1 Å². The fourth-order valence-corrected chi connectivity index (χ4v) is 2.84. The lowest BCUT2D eigenvalue weighted by atomic mass is 10.1. The summed E-state index contributed by atoms with van der Waals surface area (Å²) in [5.74, 6) is -0.219. The summed E-state index contributed by atoms with van der Waals surface area (Å²) in [7, 11) is 0. The van der Waals surface area contributed by atoms with E-state index in [-0.39, 0.29) is 24.3 Å². The molecule has 0 saturated carbocycles. The molecule has 0 radical (unpaired) electrons. The van der Waals surface area contributed by atoms with Crippen molar-refractivity contribution in [3.63, 3.8) is 0 Å². The summed E-state index contributed by atoms with van der Waals surface area (Å²) >= 11 is 0. The number of halogens is 4. The SMILES string of the molecule is C=C(CCF)n1cc(-c2cnc(N)c(C(F)(F)F)c2)nc1COCc1ccccc1. The molecule has 0 saturated heterocycles. The molecule has 2 aromatic heterocycles. The molecule has 0 aliphatic rings. The van der Waals surface area contributed by atoms with Crippen molar-refractivity contribution in [2.45, 2.75) is 25.8 Å². The van der Waals surface area contributed by atoms with Gasteiger partial charge >= 0.3 is 6.18 Å². The number of benzene rings is 1. The van der Waals surface area contributed by atoms with E-state index in [0.717, 1.165) is 11.6 Å². The van der Waals surface area contributed by atoms with Crippen molar-refractivity contribution in [3.05, 3.63) is 72.3 Å². The quantitative estimate of drug-likeness (QED) is 0.516. The standard InChI is InChI=1S/C21H20F4N4O/c1-14(7-8-22)29-11-18(16-9-17(21(23,24)25)20(26)27-10-16)28-19(29)13-30-12-15-5-3-2-4-6-15/h2-6,9-11H,1,7-8,12-13H2,(H2,26,27). The maximum Gasteiger partial charge on any atom is 0.419 e. The molecule has 0 atom stereocenters. The smallest absolute Gasteiger partial charge is 0.383 e. The number of aromatic nitrogens is 3. The number of rotatable bonds is 8. The van der Waals surface area contributed by atoms with E-state index in [2.05, 4.69) is 16.5 Å². The second kappa shape index (κ2) is 9.08. The molecule has 0 aliphatic carbocycles. The van der Waals surface area contributed by atoms with E-state index < -0.39 is 24.2 Å². The summed E-state index contributed by atoms with van der Waals surface area (Å²) in [6.07, 6.45) is -1.89. The molecule has 5 nitrogen and oxygen atoms in total. The summed E-state index contributed by atoms with van der Waals surface area (Å²) in [6, 6.07) is 10.3. The molecule has 2 N–H and O–H groups in total. The molecular formula is C21H20F4N4O. The number of alkyl halides is 4. The summed E-state index contributed by atoms with van der Waals surface area (Å²) < 4.78 is 59.5. The average Bonchev–Trinajstić information content (AvgIpc) is 3.13. The van der Waals surface area contributed by atoms with Gasteiger partial charge < -0.3 is 15.0 Å². The van der Waals surface area contributed by atoms with Crippen LogP contribution < -0.4 is 5.73 Å². The Balaban J connectivity index is 1.89. The van der Waals surface area contributed by atoms with Crippen LogP contribution in [0.4, 0.5) is 23.4 Å². The first-order valence-corrected chi connectivity index (χ1v) is 9.06. The van der Waals surface area contributed by atoms with Crippen molar-refractivity contribution in [1.82, 2.24) is 14.5 Å². The van der Waals surface area contributed by atoms with Crippen LogP contribution in [-0.4, -0.2) is 21.2 Å². The van der Waals surface area contributed by atoms with Crippen LogP contribution in [-0.2, 0) is 24.1 Å². The Kier molecular flexibility index (Phi) is 6.51. The normalized spacial score (nSPS) is 11.6. The minimum Gasteiger partial charge on any atom is -0.383 e. The van der Waals surface area contributed by atoms with Crippen molar-refractivity contribution >= 4 is 11.5 Å². The number of imidazole rings is 1. The van der Waals surface area contributed by atoms with Gasteiger partial charge in [-0.25, -0.2) is 9.97 Å². The molecule has 0 unspecified atom stereocenters. The number of nitrogens with zero attached hydrogens (tertiary/aromatic N) is 3. The number of hydrogen-bond acceptors (Lipinski definition) is 4. The fourth-order valence-electron chi connectivity index (χ4n) is 2.84. The lowest BCUT2D eigenvalue weighted by molar-refractivity contribution is -0.137. The zero-order valence-corrected chi connectivity index (χ0v) is 16.0. The Morgan fingerprint density at radius 1 is 1.17 bits per heavy atom. The van der Waals surface area contributed by atoms with Crippen LogP contribution in [0.5, 0.6) is 0 Å². The molecule has 30 heavy (non-hydrogen) atoms.